The summed E-state index contributed by atoms with van der Waals surface area (Å²) in [5.41, 5.74) is 0.604. The van der Waals surface area contributed by atoms with Gasteiger partial charge in [-0.05, 0) is 38.3 Å². The molecule has 2 atom stereocenters. The molecule has 1 aliphatic rings. The lowest BCUT2D eigenvalue weighted by atomic mass is 9.95. The predicted molar refractivity (Wildman–Crippen MR) is 83.7 cm³/mol. The highest BCUT2D eigenvalue weighted by Crippen LogP contribution is 2.21. The number of esters is 1. The molecule has 5 heteroatoms. The van der Waals surface area contributed by atoms with Gasteiger partial charge in [0.15, 0.2) is 6.10 Å². The van der Waals surface area contributed by atoms with Gasteiger partial charge in [0.1, 0.15) is 5.75 Å². The molecule has 0 saturated carbocycles. The maximum Gasteiger partial charge on any atom is 0.310 e. The van der Waals surface area contributed by atoms with Crippen LogP contribution in [0, 0.1) is 5.92 Å². The number of carbonyl (C=O) groups is 2. The van der Waals surface area contributed by atoms with Crippen molar-refractivity contribution in [3.63, 3.8) is 0 Å². The van der Waals surface area contributed by atoms with E-state index in [2.05, 4.69) is 11.4 Å². The van der Waals surface area contributed by atoms with Crippen LogP contribution >= 0.6 is 0 Å². The SMILES string of the molecule is COc1cccc(NC(=O)[C@H](C)OC(=O)[C@@H]2CC=CCC2)c1. The number of allylic oxidation sites excluding steroid dienone is 2. The molecule has 1 amide bonds. The van der Waals surface area contributed by atoms with E-state index in [0.29, 0.717) is 17.9 Å². The molecule has 1 N–H and O–H groups in total. The number of anilines is 1. The summed E-state index contributed by atoms with van der Waals surface area (Å²) in [5.74, 6) is -0.154. The van der Waals surface area contributed by atoms with Gasteiger partial charge in [-0.2, -0.15) is 0 Å². The largest absolute Gasteiger partial charge is 0.497 e. The second-order valence-electron chi connectivity index (χ2n) is 5.28. The lowest BCUT2D eigenvalue weighted by Gasteiger charge is -2.19. The summed E-state index contributed by atoms with van der Waals surface area (Å²) >= 11 is 0. The maximum atomic E-state index is 12.1. The molecule has 0 fully saturated rings. The first-order valence-electron chi connectivity index (χ1n) is 7.40. The molecule has 1 aromatic rings. The molecule has 1 aliphatic carbocycles. The van der Waals surface area contributed by atoms with E-state index in [9.17, 15) is 9.59 Å². The second-order valence-corrected chi connectivity index (χ2v) is 5.28. The van der Waals surface area contributed by atoms with Gasteiger partial charge in [-0.1, -0.05) is 18.2 Å². The Morgan fingerprint density at radius 1 is 1.32 bits per heavy atom. The van der Waals surface area contributed by atoms with Crippen LogP contribution in [-0.2, 0) is 14.3 Å². The average Bonchev–Trinajstić information content (AvgIpc) is 2.55. The summed E-state index contributed by atoms with van der Waals surface area (Å²) in [7, 11) is 1.56. The van der Waals surface area contributed by atoms with Crippen LogP contribution in [0.3, 0.4) is 0 Å². The van der Waals surface area contributed by atoms with Crippen molar-refractivity contribution in [3.8, 4) is 5.75 Å². The zero-order valence-corrected chi connectivity index (χ0v) is 12.9. The topological polar surface area (TPSA) is 64.6 Å². The minimum absolute atomic E-state index is 0.142. The van der Waals surface area contributed by atoms with E-state index >= 15 is 0 Å². The molecule has 2 rings (SSSR count). The first-order chi connectivity index (χ1) is 10.6. The number of carbonyl (C=O) groups excluding carboxylic acids is 2. The fourth-order valence-corrected chi connectivity index (χ4v) is 2.28. The van der Waals surface area contributed by atoms with E-state index in [1.54, 1.807) is 38.3 Å². The summed E-state index contributed by atoms with van der Waals surface area (Å²) in [6.07, 6.45) is 5.55. The first kappa shape index (κ1) is 16.1. The maximum absolute atomic E-state index is 12.1. The van der Waals surface area contributed by atoms with Gasteiger partial charge in [0.25, 0.3) is 5.91 Å². The average molecular weight is 303 g/mol. The van der Waals surface area contributed by atoms with Crippen molar-refractivity contribution >= 4 is 17.6 Å². The Balaban J connectivity index is 1.88. The molecule has 5 nitrogen and oxygen atoms in total. The number of methoxy groups -OCH3 is 1. The Morgan fingerprint density at radius 3 is 2.82 bits per heavy atom. The number of hydrogen-bond donors (Lipinski definition) is 1. The van der Waals surface area contributed by atoms with Crippen LogP contribution in [0.25, 0.3) is 0 Å². The van der Waals surface area contributed by atoms with E-state index in [-0.39, 0.29) is 17.8 Å². The zero-order valence-electron chi connectivity index (χ0n) is 12.9. The Kier molecular flexibility index (Phi) is 5.58. The summed E-state index contributed by atoms with van der Waals surface area (Å²) in [4.78, 5) is 24.1. The van der Waals surface area contributed by atoms with Crippen molar-refractivity contribution in [1.82, 2.24) is 0 Å². The highest BCUT2D eigenvalue weighted by molar-refractivity contribution is 5.95. The molecule has 1 aromatic carbocycles. The molecular formula is C17H21NO4. The van der Waals surface area contributed by atoms with Gasteiger partial charge in [-0.25, -0.2) is 0 Å². The minimum Gasteiger partial charge on any atom is -0.497 e. The quantitative estimate of drug-likeness (QED) is 0.671. The number of ether oxygens (including phenoxy) is 2. The first-order valence-corrected chi connectivity index (χ1v) is 7.40. The highest BCUT2D eigenvalue weighted by Gasteiger charge is 2.25. The molecule has 0 aromatic heterocycles. The van der Waals surface area contributed by atoms with Crippen molar-refractivity contribution in [3.05, 3.63) is 36.4 Å². The molecule has 0 spiro atoms. The smallest absolute Gasteiger partial charge is 0.310 e. The monoisotopic (exact) mass is 303 g/mol. The minimum atomic E-state index is -0.829. The Morgan fingerprint density at radius 2 is 2.14 bits per heavy atom. The lowest BCUT2D eigenvalue weighted by molar-refractivity contribution is -0.157. The van der Waals surface area contributed by atoms with Gasteiger partial charge in [0.2, 0.25) is 0 Å². The van der Waals surface area contributed by atoms with Gasteiger partial charge >= 0.3 is 5.97 Å². The molecular weight excluding hydrogens is 282 g/mol. The standard InChI is InChI=1S/C17H21NO4/c1-12(22-17(20)13-7-4-3-5-8-13)16(19)18-14-9-6-10-15(11-14)21-2/h3-4,6,9-13H,5,7-8H2,1-2H3,(H,18,19)/t12-,13+/m0/s1. The molecule has 0 heterocycles. The number of nitrogens with one attached hydrogen (secondary N) is 1. The molecule has 0 aliphatic heterocycles. The summed E-state index contributed by atoms with van der Waals surface area (Å²) in [6, 6.07) is 7.02. The summed E-state index contributed by atoms with van der Waals surface area (Å²) in [6.45, 7) is 1.58. The van der Waals surface area contributed by atoms with E-state index in [1.807, 2.05) is 6.08 Å². The van der Waals surface area contributed by atoms with E-state index in [1.165, 1.54) is 0 Å². The van der Waals surface area contributed by atoms with Crippen LogP contribution in [0.1, 0.15) is 26.2 Å². The van der Waals surface area contributed by atoms with E-state index in [0.717, 1.165) is 12.8 Å². The predicted octanol–water partition coefficient (Wildman–Crippen LogP) is 2.92. The van der Waals surface area contributed by atoms with Crippen molar-refractivity contribution in [2.24, 2.45) is 5.92 Å². The zero-order chi connectivity index (χ0) is 15.9. The fraction of sp³-hybridized carbons (Fsp3) is 0.412. The van der Waals surface area contributed by atoms with Gasteiger partial charge in [-0.15, -0.1) is 0 Å². The molecule has 0 bridgehead atoms. The van der Waals surface area contributed by atoms with Gasteiger partial charge in [0, 0.05) is 11.8 Å². The van der Waals surface area contributed by atoms with Crippen LogP contribution < -0.4 is 10.1 Å². The van der Waals surface area contributed by atoms with Crippen molar-refractivity contribution < 1.29 is 19.1 Å². The van der Waals surface area contributed by atoms with Crippen LogP contribution in [-0.4, -0.2) is 25.1 Å². The lowest BCUT2D eigenvalue weighted by Crippen LogP contribution is -2.32. The fourth-order valence-electron chi connectivity index (χ4n) is 2.28. The normalized spacial score (nSPS) is 18.4. The Hall–Kier alpha value is -2.30. The summed E-state index contributed by atoms with van der Waals surface area (Å²) < 4.78 is 10.4. The third-order valence-electron chi connectivity index (χ3n) is 3.60. The molecule has 0 radical (unpaired) electrons. The van der Waals surface area contributed by atoms with E-state index in [4.69, 9.17) is 9.47 Å². The van der Waals surface area contributed by atoms with Crippen molar-refractivity contribution in [2.45, 2.75) is 32.3 Å². The second kappa shape index (κ2) is 7.64. The highest BCUT2D eigenvalue weighted by atomic mass is 16.5. The third kappa shape index (κ3) is 4.35. The number of rotatable bonds is 5. The Bertz CT molecular complexity index is 568. The van der Waals surface area contributed by atoms with Gasteiger partial charge in [0.05, 0.1) is 13.0 Å². The van der Waals surface area contributed by atoms with Crippen LogP contribution in [0.4, 0.5) is 5.69 Å². The van der Waals surface area contributed by atoms with Gasteiger partial charge < -0.3 is 14.8 Å². The van der Waals surface area contributed by atoms with Gasteiger partial charge in [-0.3, -0.25) is 9.59 Å². The third-order valence-corrected chi connectivity index (χ3v) is 3.60. The number of amides is 1. The number of hydrogen-bond acceptors (Lipinski definition) is 4. The molecule has 0 unspecified atom stereocenters. The van der Waals surface area contributed by atoms with E-state index < -0.39 is 6.10 Å². The molecule has 22 heavy (non-hydrogen) atoms. The Labute approximate surface area is 130 Å². The molecule has 0 saturated heterocycles. The summed E-state index contributed by atoms with van der Waals surface area (Å²) in [5, 5.41) is 2.71. The van der Waals surface area contributed by atoms with Crippen LogP contribution in [0.5, 0.6) is 5.75 Å². The molecule has 118 valence electrons. The number of benzene rings is 1. The van der Waals surface area contributed by atoms with Crippen LogP contribution in [0.2, 0.25) is 0 Å². The van der Waals surface area contributed by atoms with Crippen molar-refractivity contribution in [1.29, 1.82) is 0 Å². The van der Waals surface area contributed by atoms with Crippen molar-refractivity contribution in [2.75, 3.05) is 12.4 Å². The van der Waals surface area contributed by atoms with Crippen LogP contribution in [0.15, 0.2) is 36.4 Å².